The van der Waals surface area contributed by atoms with Gasteiger partial charge in [0.05, 0.1) is 17.3 Å². The number of ether oxygens (including phenoxy) is 1. The van der Waals surface area contributed by atoms with Gasteiger partial charge in [0.2, 0.25) is 5.91 Å². The second-order valence-electron chi connectivity index (χ2n) is 5.67. The van der Waals surface area contributed by atoms with Gasteiger partial charge in [0, 0.05) is 6.07 Å². The highest BCUT2D eigenvalue weighted by molar-refractivity contribution is 8.00. The van der Waals surface area contributed by atoms with Crippen molar-refractivity contribution < 1.29 is 19.2 Å². The summed E-state index contributed by atoms with van der Waals surface area (Å²) < 4.78 is 4.91. The number of nitro groups is 1. The van der Waals surface area contributed by atoms with E-state index in [4.69, 9.17) is 4.74 Å². The first-order chi connectivity index (χ1) is 12.9. The highest BCUT2D eigenvalue weighted by Crippen LogP contribution is 2.32. The molecule has 1 N–H and O–H groups in total. The lowest BCUT2D eigenvalue weighted by Gasteiger charge is -2.17. The Bertz CT molecular complexity index is 826. The van der Waals surface area contributed by atoms with Gasteiger partial charge >= 0.3 is 5.97 Å². The van der Waals surface area contributed by atoms with Crippen molar-refractivity contribution in [3.63, 3.8) is 0 Å². The topological polar surface area (TPSA) is 98.5 Å². The van der Waals surface area contributed by atoms with Crippen molar-refractivity contribution in [1.82, 2.24) is 0 Å². The number of nitrogens with one attached hydrogen (secondary N) is 1. The highest BCUT2D eigenvalue weighted by atomic mass is 32.2. The summed E-state index contributed by atoms with van der Waals surface area (Å²) in [6.07, 6.45) is 0. The largest absolute Gasteiger partial charge is 0.465 e. The summed E-state index contributed by atoms with van der Waals surface area (Å²) in [5, 5.41) is 13.2. The van der Waals surface area contributed by atoms with Gasteiger partial charge in [0.25, 0.3) is 5.69 Å². The maximum atomic E-state index is 12.8. The van der Waals surface area contributed by atoms with E-state index >= 15 is 0 Å². The van der Waals surface area contributed by atoms with Crippen molar-refractivity contribution >= 4 is 35.0 Å². The van der Waals surface area contributed by atoms with Crippen LogP contribution in [0.1, 0.15) is 23.3 Å². The van der Waals surface area contributed by atoms with Crippen LogP contribution in [0.15, 0.2) is 48.5 Å². The van der Waals surface area contributed by atoms with Crippen LogP contribution in [-0.2, 0) is 14.3 Å². The molecule has 0 unspecified atom stereocenters. The first-order valence-electron chi connectivity index (χ1n) is 8.30. The van der Waals surface area contributed by atoms with Gasteiger partial charge in [-0.2, -0.15) is 0 Å². The van der Waals surface area contributed by atoms with Gasteiger partial charge in [0.15, 0.2) is 0 Å². The summed E-state index contributed by atoms with van der Waals surface area (Å²) in [4.78, 5) is 35.2. The predicted octanol–water partition coefficient (Wildman–Crippen LogP) is 3.88. The van der Waals surface area contributed by atoms with Gasteiger partial charge in [-0.3, -0.25) is 19.7 Å². The molecule has 0 bridgehead atoms. The smallest absolute Gasteiger partial charge is 0.315 e. The fourth-order valence-electron chi connectivity index (χ4n) is 2.40. The van der Waals surface area contributed by atoms with Crippen molar-refractivity contribution in [1.29, 1.82) is 0 Å². The molecule has 0 aliphatic carbocycles. The fourth-order valence-corrected chi connectivity index (χ4v) is 3.35. The minimum atomic E-state index is -0.712. The number of carbonyl (C=O) groups is 2. The van der Waals surface area contributed by atoms with E-state index < -0.39 is 22.0 Å². The van der Waals surface area contributed by atoms with Gasteiger partial charge in [0.1, 0.15) is 10.9 Å². The van der Waals surface area contributed by atoms with Crippen LogP contribution < -0.4 is 5.32 Å². The van der Waals surface area contributed by atoms with Crippen molar-refractivity contribution in [2.24, 2.45) is 0 Å². The molecular formula is C19H20N2O5S. The van der Waals surface area contributed by atoms with Crippen molar-refractivity contribution in [2.75, 3.05) is 17.7 Å². The minimum absolute atomic E-state index is 0.00316. The first-order valence-corrected chi connectivity index (χ1v) is 9.35. The van der Waals surface area contributed by atoms with E-state index in [1.807, 2.05) is 6.07 Å². The molecule has 0 saturated heterocycles. The Hall–Kier alpha value is -2.87. The van der Waals surface area contributed by atoms with E-state index in [2.05, 4.69) is 5.32 Å². The van der Waals surface area contributed by atoms with E-state index in [9.17, 15) is 19.7 Å². The average molecular weight is 388 g/mol. The summed E-state index contributed by atoms with van der Waals surface area (Å²) in [5.41, 5.74) is 1.36. The van der Waals surface area contributed by atoms with Gasteiger partial charge in [-0.1, -0.05) is 36.4 Å². The lowest BCUT2D eigenvalue weighted by molar-refractivity contribution is -0.384. The average Bonchev–Trinajstić information content (AvgIpc) is 2.64. The Kier molecular flexibility index (Phi) is 7.36. The SMILES string of the molecule is CCOC(=O)CS[C@@H](C(=O)Nc1ccc(C)cc1[N+](=O)[O-])c1ccccc1. The highest BCUT2D eigenvalue weighted by Gasteiger charge is 2.25. The lowest BCUT2D eigenvalue weighted by atomic mass is 10.1. The number of esters is 1. The standard InChI is InChI=1S/C19H20N2O5S/c1-3-26-17(22)12-27-18(14-7-5-4-6-8-14)19(23)20-15-10-9-13(2)11-16(15)21(24)25/h4-11,18H,3,12H2,1-2H3,(H,20,23)/t18-/m1/s1. The van der Waals surface area contributed by atoms with Crippen LogP contribution in [-0.4, -0.2) is 29.2 Å². The van der Waals surface area contributed by atoms with Gasteiger partial charge < -0.3 is 10.1 Å². The Morgan fingerprint density at radius 1 is 1.22 bits per heavy atom. The van der Waals surface area contributed by atoms with Gasteiger partial charge in [-0.05, 0) is 31.0 Å². The molecule has 0 spiro atoms. The molecule has 2 aromatic carbocycles. The van der Waals surface area contributed by atoms with Crippen molar-refractivity contribution in [3.05, 3.63) is 69.8 Å². The minimum Gasteiger partial charge on any atom is -0.465 e. The summed E-state index contributed by atoms with van der Waals surface area (Å²) in [7, 11) is 0. The Morgan fingerprint density at radius 3 is 2.56 bits per heavy atom. The van der Waals surface area contributed by atoms with Crippen LogP contribution in [0.3, 0.4) is 0 Å². The van der Waals surface area contributed by atoms with E-state index in [1.54, 1.807) is 44.2 Å². The molecule has 8 heteroatoms. The van der Waals surface area contributed by atoms with E-state index in [-0.39, 0.29) is 23.7 Å². The number of rotatable bonds is 8. The third kappa shape index (κ3) is 5.82. The third-order valence-electron chi connectivity index (χ3n) is 3.62. The quantitative estimate of drug-likeness (QED) is 0.419. The monoisotopic (exact) mass is 388 g/mol. The molecule has 142 valence electrons. The lowest BCUT2D eigenvalue weighted by Crippen LogP contribution is -2.21. The number of amides is 1. The van der Waals surface area contributed by atoms with Crippen LogP contribution in [0.5, 0.6) is 0 Å². The zero-order valence-corrected chi connectivity index (χ0v) is 15.8. The molecule has 0 saturated carbocycles. The summed E-state index contributed by atoms with van der Waals surface area (Å²) in [6, 6.07) is 13.5. The van der Waals surface area contributed by atoms with Crippen LogP contribution in [0, 0.1) is 17.0 Å². The Balaban J connectivity index is 2.24. The molecule has 0 heterocycles. The Morgan fingerprint density at radius 2 is 1.93 bits per heavy atom. The zero-order chi connectivity index (χ0) is 19.8. The number of thioether (sulfide) groups is 1. The van der Waals surface area contributed by atoms with Crippen molar-refractivity contribution in [3.8, 4) is 0 Å². The molecule has 27 heavy (non-hydrogen) atoms. The molecule has 0 radical (unpaired) electrons. The fraction of sp³-hybridized carbons (Fsp3) is 0.263. The summed E-state index contributed by atoms with van der Waals surface area (Å²) >= 11 is 1.11. The molecular weight excluding hydrogens is 368 g/mol. The second-order valence-corrected chi connectivity index (χ2v) is 6.77. The molecule has 7 nitrogen and oxygen atoms in total. The first kappa shape index (κ1) is 20.4. The number of hydrogen-bond acceptors (Lipinski definition) is 6. The zero-order valence-electron chi connectivity index (χ0n) is 15.0. The second kappa shape index (κ2) is 9.72. The molecule has 1 atom stereocenters. The number of benzene rings is 2. The summed E-state index contributed by atoms with van der Waals surface area (Å²) in [6.45, 7) is 3.71. The predicted molar refractivity (Wildman–Crippen MR) is 105 cm³/mol. The van der Waals surface area contributed by atoms with Crippen LogP contribution in [0.4, 0.5) is 11.4 Å². The normalized spacial score (nSPS) is 11.5. The number of hydrogen-bond donors (Lipinski definition) is 1. The number of nitro benzene ring substituents is 1. The maximum absolute atomic E-state index is 12.8. The molecule has 1 amide bonds. The van der Waals surface area contributed by atoms with E-state index in [1.165, 1.54) is 12.1 Å². The van der Waals surface area contributed by atoms with Crippen molar-refractivity contribution in [2.45, 2.75) is 19.1 Å². The number of anilines is 1. The van der Waals surface area contributed by atoms with Crippen LogP contribution in [0.2, 0.25) is 0 Å². The maximum Gasteiger partial charge on any atom is 0.315 e. The summed E-state index contributed by atoms with van der Waals surface area (Å²) in [5.74, 6) is -0.864. The van der Waals surface area contributed by atoms with Crippen LogP contribution in [0.25, 0.3) is 0 Å². The molecule has 2 aromatic rings. The Labute approximate surface area is 161 Å². The molecule has 0 aliphatic rings. The van der Waals surface area contributed by atoms with E-state index in [0.29, 0.717) is 5.56 Å². The molecule has 2 rings (SSSR count). The van der Waals surface area contributed by atoms with Crippen LogP contribution >= 0.6 is 11.8 Å². The molecule has 0 aromatic heterocycles. The number of nitrogens with zero attached hydrogens (tertiary/aromatic N) is 1. The van der Waals surface area contributed by atoms with E-state index in [0.717, 1.165) is 17.3 Å². The van der Waals surface area contributed by atoms with Gasteiger partial charge in [-0.25, -0.2) is 0 Å². The number of aryl methyl sites for hydroxylation is 1. The molecule has 0 fully saturated rings. The number of carbonyl (C=O) groups excluding carboxylic acids is 2. The van der Waals surface area contributed by atoms with Gasteiger partial charge in [-0.15, -0.1) is 11.8 Å². The third-order valence-corrected chi connectivity index (χ3v) is 4.84. The molecule has 0 aliphatic heterocycles.